The van der Waals surface area contributed by atoms with Crippen molar-refractivity contribution in [2.45, 2.75) is 26.4 Å². The van der Waals surface area contributed by atoms with Gasteiger partial charge in [0.2, 0.25) is 0 Å². The fourth-order valence-electron chi connectivity index (χ4n) is 3.60. The Labute approximate surface area is 154 Å². The van der Waals surface area contributed by atoms with Gasteiger partial charge in [0.1, 0.15) is 0 Å². The molecular formula is C22H23N3O. The number of anilines is 1. The SMILES string of the molecule is Cc1ccc(NC(=O)N2CCn3cccc3[C@H]2c2ccccc2)cc1C. The summed E-state index contributed by atoms with van der Waals surface area (Å²) in [5.74, 6) is 0. The van der Waals surface area contributed by atoms with E-state index in [2.05, 4.69) is 54.2 Å². The summed E-state index contributed by atoms with van der Waals surface area (Å²) in [6, 6.07) is 20.3. The summed E-state index contributed by atoms with van der Waals surface area (Å²) in [4.78, 5) is 15.0. The second kappa shape index (κ2) is 6.71. The number of carbonyl (C=O) groups excluding carboxylic acids is 1. The Morgan fingerprint density at radius 2 is 1.77 bits per heavy atom. The molecule has 0 bridgehead atoms. The van der Waals surface area contributed by atoms with E-state index in [0.29, 0.717) is 6.54 Å². The number of fused-ring (bicyclic) bond motifs is 1. The molecule has 1 atom stereocenters. The molecule has 0 fully saturated rings. The number of benzene rings is 2. The van der Waals surface area contributed by atoms with E-state index in [4.69, 9.17) is 0 Å². The van der Waals surface area contributed by atoms with Gasteiger partial charge >= 0.3 is 6.03 Å². The number of urea groups is 1. The second-order valence-electron chi connectivity index (χ2n) is 6.86. The summed E-state index contributed by atoms with van der Waals surface area (Å²) in [5, 5.41) is 3.08. The zero-order chi connectivity index (χ0) is 18.1. The van der Waals surface area contributed by atoms with Crippen molar-refractivity contribution in [2.75, 3.05) is 11.9 Å². The molecule has 2 aromatic carbocycles. The average molecular weight is 345 g/mol. The fraction of sp³-hybridized carbons (Fsp3) is 0.227. The van der Waals surface area contributed by atoms with E-state index in [9.17, 15) is 4.79 Å². The van der Waals surface area contributed by atoms with E-state index in [1.165, 1.54) is 11.1 Å². The quantitative estimate of drug-likeness (QED) is 0.715. The van der Waals surface area contributed by atoms with Crippen LogP contribution in [0.15, 0.2) is 66.9 Å². The van der Waals surface area contributed by atoms with Crippen molar-refractivity contribution in [3.8, 4) is 0 Å². The highest BCUT2D eigenvalue weighted by atomic mass is 16.2. The minimum absolute atomic E-state index is 0.0606. The Bertz CT molecular complexity index is 930. The van der Waals surface area contributed by atoms with Crippen molar-refractivity contribution in [1.82, 2.24) is 9.47 Å². The Kier molecular flexibility index (Phi) is 4.25. The van der Waals surface area contributed by atoms with Crippen LogP contribution in [0.3, 0.4) is 0 Å². The molecule has 0 aliphatic carbocycles. The zero-order valence-electron chi connectivity index (χ0n) is 15.1. The molecule has 0 saturated carbocycles. The number of hydrogen-bond donors (Lipinski definition) is 1. The van der Waals surface area contributed by atoms with Crippen LogP contribution in [0.2, 0.25) is 0 Å². The van der Waals surface area contributed by atoms with Gasteiger partial charge in [0.15, 0.2) is 0 Å². The molecular weight excluding hydrogens is 322 g/mol. The standard InChI is InChI=1S/C22H23N3O/c1-16-10-11-19(15-17(16)2)23-22(26)25-14-13-24-12-6-9-20(24)21(25)18-7-4-3-5-8-18/h3-12,15,21H,13-14H2,1-2H3,(H,23,26)/t21-/m1/s1. The minimum Gasteiger partial charge on any atom is -0.348 e. The van der Waals surface area contributed by atoms with Crippen LogP contribution in [-0.4, -0.2) is 22.0 Å². The minimum atomic E-state index is -0.0773. The fourth-order valence-corrected chi connectivity index (χ4v) is 3.60. The summed E-state index contributed by atoms with van der Waals surface area (Å²) >= 11 is 0. The Balaban J connectivity index is 1.65. The van der Waals surface area contributed by atoms with E-state index >= 15 is 0 Å². The van der Waals surface area contributed by atoms with Crippen LogP contribution in [0, 0.1) is 13.8 Å². The lowest BCUT2D eigenvalue weighted by molar-refractivity contribution is 0.182. The van der Waals surface area contributed by atoms with Gasteiger partial charge in [-0.1, -0.05) is 36.4 Å². The Morgan fingerprint density at radius 1 is 0.962 bits per heavy atom. The van der Waals surface area contributed by atoms with Gasteiger partial charge in [-0.15, -0.1) is 0 Å². The van der Waals surface area contributed by atoms with Crippen LogP contribution in [0.4, 0.5) is 10.5 Å². The van der Waals surface area contributed by atoms with E-state index < -0.39 is 0 Å². The number of nitrogens with zero attached hydrogens (tertiary/aromatic N) is 2. The maximum atomic E-state index is 13.1. The molecule has 4 rings (SSSR count). The first-order valence-electron chi connectivity index (χ1n) is 8.98. The first kappa shape index (κ1) is 16.5. The molecule has 3 aromatic rings. The largest absolute Gasteiger partial charge is 0.348 e. The molecule has 4 nitrogen and oxygen atoms in total. The third-order valence-electron chi connectivity index (χ3n) is 5.17. The van der Waals surface area contributed by atoms with Gasteiger partial charge in [-0.05, 0) is 54.8 Å². The summed E-state index contributed by atoms with van der Waals surface area (Å²) in [7, 11) is 0. The molecule has 1 aromatic heterocycles. The zero-order valence-corrected chi connectivity index (χ0v) is 15.1. The van der Waals surface area contributed by atoms with Crippen LogP contribution < -0.4 is 5.32 Å². The third-order valence-corrected chi connectivity index (χ3v) is 5.17. The van der Waals surface area contributed by atoms with Gasteiger partial charge < -0.3 is 14.8 Å². The van der Waals surface area contributed by atoms with Crippen LogP contribution in [0.25, 0.3) is 0 Å². The summed E-state index contributed by atoms with van der Waals surface area (Å²) in [5.41, 5.74) is 5.52. The molecule has 132 valence electrons. The van der Waals surface area contributed by atoms with Crippen molar-refractivity contribution in [3.05, 3.63) is 89.2 Å². The molecule has 0 unspecified atom stereocenters. The van der Waals surface area contributed by atoms with Crippen molar-refractivity contribution in [1.29, 1.82) is 0 Å². The predicted octanol–water partition coefficient (Wildman–Crippen LogP) is 4.74. The first-order chi connectivity index (χ1) is 12.6. The molecule has 2 heterocycles. The summed E-state index contributed by atoms with van der Waals surface area (Å²) in [6.45, 7) is 5.63. The number of amides is 2. The van der Waals surface area contributed by atoms with Crippen molar-refractivity contribution < 1.29 is 4.79 Å². The van der Waals surface area contributed by atoms with Crippen LogP contribution >= 0.6 is 0 Å². The third kappa shape index (κ3) is 2.99. The molecule has 1 N–H and O–H groups in total. The molecule has 0 spiro atoms. The first-order valence-corrected chi connectivity index (χ1v) is 8.98. The maximum Gasteiger partial charge on any atom is 0.322 e. The summed E-state index contributed by atoms with van der Waals surface area (Å²) in [6.07, 6.45) is 2.09. The molecule has 4 heteroatoms. The Hall–Kier alpha value is -3.01. The number of aromatic nitrogens is 1. The van der Waals surface area contributed by atoms with E-state index in [1.54, 1.807) is 0 Å². The highest BCUT2D eigenvalue weighted by molar-refractivity contribution is 5.90. The van der Waals surface area contributed by atoms with Gasteiger partial charge in [0.05, 0.1) is 6.04 Å². The van der Waals surface area contributed by atoms with Crippen molar-refractivity contribution in [2.24, 2.45) is 0 Å². The molecule has 26 heavy (non-hydrogen) atoms. The smallest absolute Gasteiger partial charge is 0.322 e. The lowest BCUT2D eigenvalue weighted by Gasteiger charge is -2.37. The van der Waals surface area contributed by atoms with Crippen LogP contribution in [0.5, 0.6) is 0 Å². The van der Waals surface area contributed by atoms with Crippen molar-refractivity contribution >= 4 is 11.7 Å². The summed E-state index contributed by atoms with van der Waals surface area (Å²) < 4.78 is 2.23. The second-order valence-corrected chi connectivity index (χ2v) is 6.86. The maximum absolute atomic E-state index is 13.1. The van der Waals surface area contributed by atoms with Gasteiger partial charge in [-0.2, -0.15) is 0 Å². The molecule has 0 radical (unpaired) electrons. The Morgan fingerprint density at radius 3 is 2.54 bits per heavy atom. The average Bonchev–Trinajstić information content (AvgIpc) is 3.13. The number of aryl methyl sites for hydroxylation is 2. The topological polar surface area (TPSA) is 37.3 Å². The normalized spacial score (nSPS) is 16.2. The van der Waals surface area contributed by atoms with E-state index in [-0.39, 0.29) is 12.1 Å². The number of rotatable bonds is 2. The molecule has 0 saturated heterocycles. The van der Waals surface area contributed by atoms with Crippen molar-refractivity contribution in [3.63, 3.8) is 0 Å². The highest BCUT2D eigenvalue weighted by Crippen LogP contribution is 2.32. The van der Waals surface area contributed by atoms with Crippen LogP contribution in [-0.2, 0) is 6.54 Å². The van der Waals surface area contributed by atoms with Crippen LogP contribution in [0.1, 0.15) is 28.4 Å². The van der Waals surface area contributed by atoms with E-state index in [1.807, 2.05) is 41.3 Å². The van der Waals surface area contributed by atoms with Gasteiger partial charge in [0.25, 0.3) is 0 Å². The van der Waals surface area contributed by atoms with E-state index in [0.717, 1.165) is 23.5 Å². The predicted molar refractivity (Wildman–Crippen MR) is 104 cm³/mol. The molecule has 2 amide bonds. The monoisotopic (exact) mass is 345 g/mol. The number of nitrogens with one attached hydrogen (secondary N) is 1. The lowest BCUT2D eigenvalue weighted by atomic mass is 10.0. The molecule has 1 aliphatic rings. The van der Waals surface area contributed by atoms with Gasteiger partial charge in [-0.3, -0.25) is 0 Å². The number of carbonyl (C=O) groups is 1. The molecule has 1 aliphatic heterocycles. The number of hydrogen-bond acceptors (Lipinski definition) is 1. The lowest BCUT2D eigenvalue weighted by Crippen LogP contribution is -2.44. The van der Waals surface area contributed by atoms with Gasteiger partial charge in [0, 0.05) is 30.7 Å². The van der Waals surface area contributed by atoms with Gasteiger partial charge in [-0.25, -0.2) is 4.79 Å². The highest BCUT2D eigenvalue weighted by Gasteiger charge is 2.32.